The molecule has 2 rings (SSSR count). The molecule has 6 heteroatoms. The molecule has 1 aliphatic carbocycles. The third-order valence-electron chi connectivity index (χ3n) is 3.18. The Bertz CT molecular complexity index is 347. The van der Waals surface area contributed by atoms with Crippen molar-refractivity contribution in [1.29, 1.82) is 0 Å². The van der Waals surface area contributed by atoms with Gasteiger partial charge in [0, 0.05) is 25.9 Å². The van der Waals surface area contributed by atoms with Crippen LogP contribution in [0.5, 0.6) is 0 Å². The number of rotatable bonds is 5. The van der Waals surface area contributed by atoms with E-state index >= 15 is 0 Å². The predicted octanol–water partition coefficient (Wildman–Crippen LogP) is 2.21. The number of thioether (sulfide) groups is 1. The van der Waals surface area contributed by atoms with Crippen LogP contribution in [-0.2, 0) is 0 Å². The molecule has 1 aromatic heterocycles. The summed E-state index contributed by atoms with van der Waals surface area (Å²) in [7, 11) is 3.97. The van der Waals surface area contributed by atoms with Crippen molar-refractivity contribution in [2.45, 2.75) is 36.1 Å². The molecule has 1 heterocycles. The van der Waals surface area contributed by atoms with Gasteiger partial charge in [-0.05, 0) is 18.8 Å². The standard InChI is InChI=1S/C11H20N4S2/c1-15(2)10-13-14-11(17-10)16-7-9(12)8-5-3-4-6-8/h8-9H,3-7,12H2,1-2H3. The molecule has 0 amide bonds. The Balaban J connectivity index is 1.80. The molecule has 2 N–H and O–H groups in total. The molecular weight excluding hydrogens is 252 g/mol. The first-order valence-electron chi connectivity index (χ1n) is 6.06. The van der Waals surface area contributed by atoms with Crippen molar-refractivity contribution in [2.75, 3.05) is 24.7 Å². The van der Waals surface area contributed by atoms with Crippen molar-refractivity contribution in [2.24, 2.45) is 11.7 Å². The van der Waals surface area contributed by atoms with Crippen LogP contribution in [0.15, 0.2) is 4.34 Å². The fraction of sp³-hybridized carbons (Fsp3) is 0.818. The van der Waals surface area contributed by atoms with E-state index in [0.29, 0.717) is 6.04 Å². The van der Waals surface area contributed by atoms with Crippen molar-refractivity contribution in [3.63, 3.8) is 0 Å². The lowest BCUT2D eigenvalue weighted by Gasteiger charge is -2.17. The van der Waals surface area contributed by atoms with E-state index in [1.165, 1.54) is 25.7 Å². The van der Waals surface area contributed by atoms with E-state index < -0.39 is 0 Å². The van der Waals surface area contributed by atoms with Gasteiger partial charge in [0.15, 0.2) is 4.34 Å². The molecule has 0 saturated heterocycles. The molecule has 1 aromatic rings. The number of nitrogens with two attached hydrogens (primary N) is 1. The quantitative estimate of drug-likeness (QED) is 0.833. The van der Waals surface area contributed by atoms with Gasteiger partial charge >= 0.3 is 0 Å². The molecule has 1 atom stereocenters. The SMILES string of the molecule is CN(C)c1nnc(SCC(N)C2CCCC2)s1. The zero-order valence-corrected chi connectivity index (χ0v) is 12.1. The van der Waals surface area contributed by atoms with E-state index in [9.17, 15) is 0 Å². The highest BCUT2D eigenvalue weighted by molar-refractivity contribution is 8.01. The molecule has 1 unspecified atom stereocenters. The second-order valence-corrected chi connectivity index (χ2v) is 6.99. The molecule has 4 nitrogen and oxygen atoms in total. The number of anilines is 1. The second kappa shape index (κ2) is 6.02. The third-order valence-corrected chi connectivity index (χ3v) is 5.55. The first-order valence-corrected chi connectivity index (χ1v) is 7.86. The summed E-state index contributed by atoms with van der Waals surface area (Å²) in [5.41, 5.74) is 6.22. The highest BCUT2D eigenvalue weighted by Gasteiger charge is 2.22. The fourth-order valence-electron chi connectivity index (χ4n) is 2.13. The largest absolute Gasteiger partial charge is 0.353 e. The number of aromatic nitrogens is 2. The lowest BCUT2D eigenvalue weighted by Crippen LogP contribution is -2.30. The highest BCUT2D eigenvalue weighted by Crippen LogP contribution is 2.31. The fourth-order valence-corrected chi connectivity index (χ4v) is 4.00. The molecule has 0 spiro atoms. The zero-order valence-electron chi connectivity index (χ0n) is 10.4. The molecule has 0 aliphatic heterocycles. The average molecular weight is 272 g/mol. The Hall–Kier alpha value is -0.330. The molecule has 0 radical (unpaired) electrons. The lowest BCUT2D eigenvalue weighted by molar-refractivity contribution is 0.463. The van der Waals surface area contributed by atoms with Crippen LogP contribution in [-0.4, -0.2) is 36.1 Å². The lowest BCUT2D eigenvalue weighted by atomic mass is 10.0. The maximum absolute atomic E-state index is 6.22. The molecule has 0 aromatic carbocycles. The Labute approximate surface area is 111 Å². The molecule has 1 aliphatic rings. The minimum absolute atomic E-state index is 0.314. The predicted molar refractivity (Wildman–Crippen MR) is 74.9 cm³/mol. The number of nitrogens with zero attached hydrogens (tertiary/aromatic N) is 3. The molecular formula is C11H20N4S2. The first kappa shape index (κ1) is 13.1. The van der Waals surface area contributed by atoms with Gasteiger partial charge in [-0.1, -0.05) is 35.9 Å². The van der Waals surface area contributed by atoms with E-state index in [2.05, 4.69) is 10.2 Å². The van der Waals surface area contributed by atoms with Gasteiger partial charge in [-0.2, -0.15) is 0 Å². The molecule has 17 heavy (non-hydrogen) atoms. The molecule has 1 saturated carbocycles. The van der Waals surface area contributed by atoms with Crippen LogP contribution >= 0.6 is 23.1 Å². The Morgan fingerprint density at radius 1 is 1.41 bits per heavy atom. The van der Waals surface area contributed by atoms with Crippen LogP contribution in [0.4, 0.5) is 5.13 Å². The molecule has 0 bridgehead atoms. The van der Waals surface area contributed by atoms with Crippen molar-refractivity contribution in [3.8, 4) is 0 Å². The van der Waals surface area contributed by atoms with Gasteiger partial charge in [-0.15, -0.1) is 10.2 Å². The zero-order chi connectivity index (χ0) is 12.3. The maximum Gasteiger partial charge on any atom is 0.208 e. The van der Waals surface area contributed by atoms with E-state index in [4.69, 9.17) is 5.73 Å². The minimum atomic E-state index is 0.314. The summed E-state index contributed by atoms with van der Waals surface area (Å²) < 4.78 is 1.03. The Kier molecular flexibility index (Phi) is 4.64. The summed E-state index contributed by atoms with van der Waals surface area (Å²) in [4.78, 5) is 1.98. The van der Waals surface area contributed by atoms with Gasteiger partial charge in [-0.3, -0.25) is 0 Å². The normalized spacial score (nSPS) is 18.5. The summed E-state index contributed by atoms with van der Waals surface area (Å²) >= 11 is 3.38. The van der Waals surface area contributed by atoms with Crippen LogP contribution in [0.3, 0.4) is 0 Å². The number of hydrogen-bond donors (Lipinski definition) is 1. The smallest absolute Gasteiger partial charge is 0.208 e. The van der Waals surface area contributed by atoms with Crippen LogP contribution in [0.1, 0.15) is 25.7 Å². The maximum atomic E-state index is 6.22. The average Bonchev–Trinajstić information content (AvgIpc) is 2.97. The molecule has 96 valence electrons. The van der Waals surface area contributed by atoms with Gasteiger partial charge in [0.2, 0.25) is 5.13 Å². The Morgan fingerprint density at radius 3 is 2.71 bits per heavy atom. The van der Waals surface area contributed by atoms with Crippen molar-refractivity contribution < 1.29 is 0 Å². The van der Waals surface area contributed by atoms with E-state index in [0.717, 1.165) is 21.1 Å². The summed E-state index contributed by atoms with van der Waals surface area (Å²) in [5, 5.41) is 9.25. The van der Waals surface area contributed by atoms with Gasteiger partial charge in [0.05, 0.1) is 0 Å². The summed E-state index contributed by atoms with van der Waals surface area (Å²) in [6.07, 6.45) is 5.32. The van der Waals surface area contributed by atoms with Gasteiger partial charge < -0.3 is 10.6 Å². The van der Waals surface area contributed by atoms with Crippen LogP contribution in [0, 0.1) is 5.92 Å². The highest BCUT2D eigenvalue weighted by atomic mass is 32.2. The molecule has 1 fully saturated rings. The van der Waals surface area contributed by atoms with E-state index in [-0.39, 0.29) is 0 Å². The summed E-state index contributed by atoms with van der Waals surface area (Å²) in [5.74, 6) is 1.69. The van der Waals surface area contributed by atoms with E-state index in [1.54, 1.807) is 23.1 Å². The van der Waals surface area contributed by atoms with Gasteiger partial charge in [-0.25, -0.2) is 0 Å². The Morgan fingerprint density at radius 2 is 2.12 bits per heavy atom. The summed E-state index contributed by atoms with van der Waals surface area (Å²) in [6.45, 7) is 0. The van der Waals surface area contributed by atoms with Gasteiger partial charge in [0.25, 0.3) is 0 Å². The second-order valence-electron chi connectivity index (χ2n) is 4.76. The van der Waals surface area contributed by atoms with Crippen molar-refractivity contribution in [3.05, 3.63) is 0 Å². The first-order chi connectivity index (χ1) is 8.16. The number of hydrogen-bond acceptors (Lipinski definition) is 6. The van der Waals surface area contributed by atoms with Crippen molar-refractivity contribution in [1.82, 2.24) is 10.2 Å². The monoisotopic (exact) mass is 272 g/mol. The third kappa shape index (κ3) is 3.56. The van der Waals surface area contributed by atoms with E-state index in [1.807, 2.05) is 19.0 Å². The van der Waals surface area contributed by atoms with Crippen molar-refractivity contribution >= 4 is 28.2 Å². The van der Waals surface area contributed by atoms with Crippen LogP contribution < -0.4 is 10.6 Å². The minimum Gasteiger partial charge on any atom is -0.353 e. The van der Waals surface area contributed by atoms with Crippen LogP contribution in [0.2, 0.25) is 0 Å². The topological polar surface area (TPSA) is 55.0 Å². The van der Waals surface area contributed by atoms with Crippen LogP contribution in [0.25, 0.3) is 0 Å². The van der Waals surface area contributed by atoms with Gasteiger partial charge in [0.1, 0.15) is 0 Å². The summed E-state index contributed by atoms with van der Waals surface area (Å²) in [6, 6.07) is 0.314.